The van der Waals surface area contributed by atoms with Crippen LogP contribution in [0.5, 0.6) is 17.2 Å². The van der Waals surface area contributed by atoms with Gasteiger partial charge < -0.3 is 24.4 Å². The second-order valence-electron chi connectivity index (χ2n) is 10.3. The number of ether oxygens (including phenoxy) is 3. The molecule has 0 radical (unpaired) electrons. The molecular formula is C28H39N3O7S. The molecule has 0 saturated heterocycles. The molecule has 39 heavy (non-hydrogen) atoms. The summed E-state index contributed by atoms with van der Waals surface area (Å²) in [6, 6.07) is 11.2. The quantitative estimate of drug-likeness (QED) is 0.448. The van der Waals surface area contributed by atoms with Crippen LogP contribution in [0.3, 0.4) is 0 Å². The van der Waals surface area contributed by atoms with Gasteiger partial charge in [-0.2, -0.15) is 0 Å². The molecule has 0 bridgehead atoms. The maximum absolute atomic E-state index is 14.0. The van der Waals surface area contributed by atoms with Gasteiger partial charge in [0.15, 0.2) is 11.5 Å². The van der Waals surface area contributed by atoms with Gasteiger partial charge in [0.1, 0.15) is 31.5 Å². The molecule has 1 aliphatic rings. The zero-order valence-electron chi connectivity index (χ0n) is 23.5. The van der Waals surface area contributed by atoms with Gasteiger partial charge in [0.25, 0.3) is 0 Å². The summed E-state index contributed by atoms with van der Waals surface area (Å²) in [5.41, 5.74) is 0.509. The van der Waals surface area contributed by atoms with E-state index in [1.54, 1.807) is 43.5 Å². The average molecular weight is 562 g/mol. The second-order valence-corrected chi connectivity index (χ2v) is 12.5. The summed E-state index contributed by atoms with van der Waals surface area (Å²) in [7, 11) is -2.31. The van der Waals surface area contributed by atoms with Crippen molar-refractivity contribution in [2.45, 2.75) is 59.2 Å². The average Bonchev–Trinajstić information content (AvgIpc) is 2.90. The normalized spacial score (nSPS) is 13.8. The zero-order chi connectivity index (χ0) is 28.8. The van der Waals surface area contributed by atoms with Gasteiger partial charge in [0.2, 0.25) is 21.8 Å². The topological polar surface area (TPSA) is 114 Å². The summed E-state index contributed by atoms with van der Waals surface area (Å²) in [6.45, 7) is 9.27. The highest BCUT2D eigenvalue weighted by atomic mass is 32.2. The van der Waals surface area contributed by atoms with Crippen molar-refractivity contribution in [3.05, 3.63) is 48.0 Å². The molecule has 1 aliphatic heterocycles. The third-order valence-corrected chi connectivity index (χ3v) is 7.91. The number of benzene rings is 2. The van der Waals surface area contributed by atoms with Crippen LogP contribution in [0.25, 0.3) is 0 Å². The number of nitrogens with one attached hydrogen (secondary N) is 1. The van der Waals surface area contributed by atoms with E-state index in [4.69, 9.17) is 14.2 Å². The molecule has 2 aromatic rings. The van der Waals surface area contributed by atoms with Gasteiger partial charge in [-0.15, -0.1) is 0 Å². The van der Waals surface area contributed by atoms with Crippen molar-refractivity contribution < 1.29 is 32.2 Å². The lowest BCUT2D eigenvalue weighted by Gasteiger charge is -2.35. The van der Waals surface area contributed by atoms with Crippen LogP contribution in [0.1, 0.15) is 46.6 Å². The van der Waals surface area contributed by atoms with Crippen LogP contribution in [-0.2, 0) is 26.2 Å². The molecule has 214 valence electrons. The smallest absolute Gasteiger partial charge is 0.244 e. The Kier molecular flexibility index (Phi) is 9.71. The number of sulfonamides is 1. The highest BCUT2D eigenvalue weighted by Crippen LogP contribution is 2.35. The van der Waals surface area contributed by atoms with Gasteiger partial charge in [-0.3, -0.25) is 13.9 Å². The number of methoxy groups -OCH3 is 1. The Morgan fingerprint density at radius 2 is 1.74 bits per heavy atom. The number of rotatable bonds is 11. The van der Waals surface area contributed by atoms with Gasteiger partial charge in [-0.05, 0) is 63.9 Å². The molecule has 0 spiro atoms. The summed E-state index contributed by atoms with van der Waals surface area (Å²) in [5, 5.41) is 2.95. The van der Waals surface area contributed by atoms with Gasteiger partial charge >= 0.3 is 0 Å². The lowest BCUT2D eigenvalue weighted by Crippen LogP contribution is -2.55. The molecule has 0 aliphatic carbocycles. The van der Waals surface area contributed by atoms with Crippen molar-refractivity contribution in [2.75, 3.05) is 36.9 Å². The summed E-state index contributed by atoms with van der Waals surface area (Å²) in [5.74, 6) is 0.484. The fourth-order valence-corrected chi connectivity index (χ4v) is 5.30. The Morgan fingerprint density at radius 3 is 2.36 bits per heavy atom. The minimum absolute atomic E-state index is 0.0905. The molecule has 2 amide bonds. The van der Waals surface area contributed by atoms with Crippen molar-refractivity contribution in [3.63, 3.8) is 0 Å². The van der Waals surface area contributed by atoms with E-state index < -0.39 is 34.1 Å². The third kappa shape index (κ3) is 7.78. The Morgan fingerprint density at radius 1 is 1.05 bits per heavy atom. The number of carbonyl (C=O) groups is 2. The Balaban J connectivity index is 2.00. The number of hydrogen-bond acceptors (Lipinski definition) is 7. The minimum atomic E-state index is -3.86. The van der Waals surface area contributed by atoms with Crippen molar-refractivity contribution in [3.8, 4) is 17.2 Å². The summed E-state index contributed by atoms with van der Waals surface area (Å²) in [4.78, 5) is 28.7. The van der Waals surface area contributed by atoms with E-state index in [1.165, 1.54) is 11.8 Å². The summed E-state index contributed by atoms with van der Waals surface area (Å²) < 4.78 is 44.0. The lowest BCUT2D eigenvalue weighted by molar-refractivity contribution is -0.141. The largest absolute Gasteiger partial charge is 0.497 e. The van der Waals surface area contributed by atoms with Crippen LogP contribution in [0, 0.1) is 0 Å². The van der Waals surface area contributed by atoms with E-state index in [-0.39, 0.29) is 23.9 Å². The molecule has 1 N–H and O–H groups in total. The fourth-order valence-electron chi connectivity index (χ4n) is 4.25. The maximum atomic E-state index is 14.0. The number of amides is 2. The predicted molar refractivity (Wildman–Crippen MR) is 150 cm³/mol. The molecule has 1 unspecified atom stereocenters. The molecule has 3 rings (SSSR count). The molecular weight excluding hydrogens is 522 g/mol. The van der Waals surface area contributed by atoms with Crippen molar-refractivity contribution in [1.29, 1.82) is 0 Å². The highest BCUT2D eigenvalue weighted by molar-refractivity contribution is 7.92. The standard InChI is InChI=1S/C28H39N3O7S/c1-7-23(27(33)29-28(3,4)5)30(18-20-10-9-11-22(16-20)36-6)26(32)19-31(39(34,35)8-2)21-12-13-24-25(17-21)38-15-14-37-24/h9-13,16-17,23H,7-8,14-15,18-19H2,1-6H3,(H,29,33). The SMILES string of the molecule is CCC(C(=O)NC(C)(C)C)N(Cc1cccc(OC)c1)C(=O)CN(c1ccc2c(c1)OCCO2)S(=O)(=O)CC. The zero-order valence-corrected chi connectivity index (χ0v) is 24.3. The van der Waals surface area contributed by atoms with E-state index in [0.717, 1.165) is 9.87 Å². The molecule has 1 atom stereocenters. The van der Waals surface area contributed by atoms with Crippen molar-refractivity contribution >= 4 is 27.5 Å². The van der Waals surface area contributed by atoms with Crippen LogP contribution < -0.4 is 23.8 Å². The molecule has 0 aromatic heterocycles. The Bertz CT molecular complexity index is 1270. The minimum Gasteiger partial charge on any atom is -0.497 e. The van der Waals surface area contributed by atoms with Crippen LogP contribution in [0.4, 0.5) is 5.69 Å². The summed E-state index contributed by atoms with van der Waals surface area (Å²) >= 11 is 0. The van der Waals surface area contributed by atoms with E-state index in [1.807, 2.05) is 33.8 Å². The Labute approximate surface area is 231 Å². The van der Waals surface area contributed by atoms with Gasteiger partial charge in [0.05, 0.1) is 18.6 Å². The summed E-state index contributed by atoms with van der Waals surface area (Å²) in [6.07, 6.45) is 0.335. The van der Waals surface area contributed by atoms with Crippen LogP contribution in [0.2, 0.25) is 0 Å². The second kappa shape index (κ2) is 12.6. The molecule has 11 heteroatoms. The predicted octanol–water partition coefficient (Wildman–Crippen LogP) is 3.34. The van der Waals surface area contributed by atoms with Crippen molar-refractivity contribution in [2.24, 2.45) is 0 Å². The van der Waals surface area contributed by atoms with Gasteiger partial charge in [0, 0.05) is 18.2 Å². The molecule has 2 aromatic carbocycles. The van der Waals surface area contributed by atoms with Crippen LogP contribution in [-0.4, -0.2) is 69.3 Å². The first-order valence-electron chi connectivity index (χ1n) is 13.0. The number of fused-ring (bicyclic) bond motifs is 1. The van der Waals surface area contributed by atoms with Crippen LogP contribution >= 0.6 is 0 Å². The van der Waals surface area contributed by atoms with Gasteiger partial charge in [-0.25, -0.2) is 8.42 Å². The number of carbonyl (C=O) groups excluding carboxylic acids is 2. The third-order valence-electron chi connectivity index (χ3n) is 6.16. The molecule has 0 fully saturated rings. The van der Waals surface area contributed by atoms with E-state index in [0.29, 0.717) is 36.9 Å². The molecule has 10 nitrogen and oxygen atoms in total. The van der Waals surface area contributed by atoms with E-state index in [9.17, 15) is 18.0 Å². The maximum Gasteiger partial charge on any atom is 0.244 e. The number of hydrogen-bond donors (Lipinski definition) is 1. The molecule has 0 saturated carbocycles. The van der Waals surface area contributed by atoms with Crippen LogP contribution in [0.15, 0.2) is 42.5 Å². The first kappa shape index (κ1) is 30.1. The van der Waals surface area contributed by atoms with E-state index >= 15 is 0 Å². The number of nitrogens with zero attached hydrogens (tertiary/aromatic N) is 2. The monoisotopic (exact) mass is 561 g/mol. The number of anilines is 1. The first-order valence-corrected chi connectivity index (χ1v) is 14.6. The Hall–Kier alpha value is -3.47. The van der Waals surface area contributed by atoms with Gasteiger partial charge in [-0.1, -0.05) is 19.1 Å². The lowest BCUT2D eigenvalue weighted by atomic mass is 10.1. The molecule has 1 heterocycles. The first-order chi connectivity index (χ1) is 18.4. The van der Waals surface area contributed by atoms with Crippen molar-refractivity contribution in [1.82, 2.24) is 10.2 Å². The fraction of sp³-hybridized carbons (Fsp3) is 0.500. The van der Waals surface area contributed by atoms with E-state index in [2.05, 4.69) is 5.32 Å². The highest BCUT2D eigenvalue weighted by Gasteiger charge is 2.34.